The Bertz CT molecular complexity index is 1140. The van der Waals surface area contributed by atoms with E-state index in [1.807, 2.05) is 11.8 Å². The number of benzene rings is 2. The first-order valence-electron chi connectivity index (χ1n) is 10.3. The van der Waals surface area contributed by atoms with E-state index in [-0.39, 0.29) is 10.5 Å². The van der Waals surface area contributed by atoms with Crippen molar-refractivity contribution in [3.63, 3.8) is 0 Å². The lowest BCUT2D eigenvalue weighted by Crippen LogP contribution is -2.35. The Morgan fingerprint density at radius 2 is 1.97 bits per heavy atom. The zero-order valence-electron chi connectivity index (χ0n) is 17.6. The molecule has 2 heterocycles. The molecule has 2 aromatic rings. The highest BCUT2D eigenvalue weighted by Gasteiger charge is 2.32. The maximum absolute atomic E-state index is 12.8. The molecule has 1 amide bonds. The molecule has 1 N–H and O–H groups in total. The van der Waals surface area contributed by atoms with Crippen molar-refractivity contribution in [3.05, 3.63) is 42.0 Å². The van der Waals surface area contributed by atoms with Gasteiger partial charge in [0.05, 0.1) is 19.4 Å². The van der Waals surface area contributed by atoms with Gasteiger partial charge in [-0.15, -0.1) is 4.40 Å². The molecule has 2 aromatic carbocycles. The predicted octanol–water partition coefficient (Wildman–Crippen LogP) is 3.83. The number of ether oxygens (including phenoxy) is 2. The van der Waals surface area contributed by atoms with Crippen LogP contribution >= 0.6 is 0 Å². The Balaban J connectivity index is 1.62. The first-order chi connectivity index (χ1) is 14.9. The van der Waals surface area contributed by atoms with Gasteiger partial charge in [0.25, 0.3) is 15.9 Å². The van der Waals surface area contributed by atoms with Crippen LogP contribution in [0.15, 0.2) is 45.7 Å². The van der Waals surface area contributed by atoms with Crippen LogP contribution in [0.5, 0.6) is 11.5 Å². The van der Waals surface area contributed by atoms with Crippen molar-refractivity contribution in [1.82, 2.24) is 0 Å². The molecule has 9 heteroatoms. The van der Waals surface area contributed by atoms with Gasteiger partial charge in [0.1, 0.15) is 10.7 Å². The third kappa shape index (κ3) is 4.23. The van der Waals surface area contributed by atoms with Crippen LogP contribution in [0.3, 0.4) is 0 Å². The summed E-state index contributed by atoms with van der Waals surface area (Å²) in [5, 5.41) is 2.78. The van der Waals surface area contributed by atoms with Gasteiger partial charge in [0.2, 0.25) is 0 Å². The molecule has 0 aromatic heterocycles. The van der Waals surface area contributed by atoms with Crippen LogP contribution in [0.1, 0.15) is 43.0 Å². The lowest BCUT2D eigenvalue weighted by atomic mass is 10.1. The maximum Gasteiger partial charge on any atom is 0.286 e. The number of methoxy groups -OCH3 is 1. The summed E-state index contributed by atoms with van der Waals surface area (Å²) in [5.74, 6) is 1.24. The van der Waals surface area contributed by atoms with Gasteiger partial charge in [-0.2, -0.15) is 8.42 Å². The Morgan fingerprint density at radius 3 is 2.74 bits per heavy atom. The lowest BCUT2D eigenvalue weighted by molar-refractivity contribution is 0.102. The predicted molar refractivity (Wildman–Crippen MR) is 119 cm³/mol. The number of anilines is 2. The zero-order valence-corrected chi connectivity index (χ0v) is 18.4. The highest BCUT2D eigenvalue weighted by atomic mass is 32.2. The third-order valence-electron chi connectivity index (χ3n) is 5.33. The number of nitrogens with one attached hydrogen (secondary N) is 1. The fourth-order valence-corrected chi connectivity index (χ4v) is 5.13. The van der Waals surface area contributed by atoms with Crippen molar-refractivity contribution in [3.8, 4) is 11.5 Å². The van der Waals surface area contributed by atoms with Crippen LogP contribution in [0.4, 0.5) is 11.4 Å². The number of hydrogen-bond acceptors (Lipinski definition) is 6. The first kappa shape index (κ1) is 21.2. The summed E-state index contributed by atoms with van der Waals surface area (Å²) in [6.07, 6.45) is 3.57. The number of rotatable bonds is 5. The summed E-state index contributed by atoms with van der Waals surface area (Å²) in [5.41, 5.74) is 1.34. The van der Waals surface area contributed by atoms with E-state index in [2.05, 4.69) is 9.71 Å². The number of carbonyl (C=O) groups is 1. The van der Waals surface area contributed by atoms with E-state index in [0.29, 0.717) is 41.7 Å². The average Bonchev–Trinajstić information content (AvgIpc) is 2.99. The highest BCUT2D eigenvalue weighted by Crippen LogP contribution is 2.35. The van der Waals surface area contributed by atoms with E-state index >= 15 is 0 Å². The van der Waals surface area contributed by atoms with Crippen LogP contribution in [-0.2, 0) is 10.0 Å². The number of sulfonamides is 1. The number of carbonyl (C=O) groups excluding carboxylic acids is 1. The van der Waals surface area contributed by atoms with E-state index in [1.165, 1.54) is 13.2 Å². The SMILES string of the molecule is CCOc1ccc(NC(=O)c2ccc3c(c2)S(=O)(=O)N=C2CCCCCN23)cc1OC. The maximum atomic E-state index is 12.8. The minimum Gasteiger partial charge on any atom is -0.493 e. The molecule has 0 aliphatic carbocycles. The number of hydrogen-bond donors (Lipinski definition) is 1. The van der Waals surface area contributed by atoms with Gasteiger partial charge in [-0.3, -0.25) is 4.79 Å². The van der Waals surface area contributed by atoms with Gasteiger partial charge < -0.3 is 19.7 Å². The monoisotopic (exact) mass is 443 g/mol. The average molecular weight is 444 g/mol. The van der Waals surface area contributed by atoms with Gasteiger partial charge in [0, 0.05) is 30.3 Å². The molecule has 0 unspecified atom stereocenters. The summed E-state index contributed by atoms with van der Waals surface area (Å²) in [7, 11) is -2.33. The Morgan fingerprint density at radius 1 is 1.13 bits per heavy atom. The molecule has 0 bridgehead atoms. The van der Waals surface area contributed by atoms with Crippen LogP contribution in [-0.4, -0.2) is 40.4 Å². The van der Waals surface area contributed by atoms with Gasteiger partial charge in [-0.05, 0) is 50.1 Å². The van der Waals surface area contributed by atoms with Crippen molar-refractivity contribution in [2.24, 2.45) is 4.40 Å². The Kier molecular flexibility index (Phi) is 5.86. The molecule has 31 heavy (non-hydrogen) atoms. The Hall–Kier alpha value is -3.07. The second kappa shape index (κ2) is 8.58. The first-order valence-corrected chi connectivity index (χ1v) is 11.7. The molecule has 4 rings (SSSR count). The summed E-state index contributed by atoms with van der Waals surface area (Å²) >= 11 is 0. The van der Waals surface area contributed by atoms with E-state index in [4.69, 9.17) is 9.47 Å². The van der Waals surface area contributed by atoms with Gasteiger partial charge >= 0.3 is 0 Å². The molecule has 2 aliphatic rings. The van der Waals surface area contributed by atoms with Gasteiger partial charge in [-0.1, -0.05) is 6.42 Å². The van der Waals surface area contributed by atoms with E-state index in [1.54, 1.807) is 30.3 Å². The van der Waals surface area contributed by atoms with E-state index in [0.717, 1.165) is 25.8 Å². The van der Waals surface area contributed by atoms with E-state index < -0.39 is 15.9 Å². The minimum absolute atomic E-state index is 0.0649. The largest absolute Gasteiger partial charge is 0.493 e. The number of amides is 1. The molecule has 8 nitrogen and oxygen atoms in total. The molecular weight excluding hydrogens is 418 g/mol. The molecule has 0 atom stereocenters. The molecule has 2 aliphatic heterocycles. The fraction of sp³-hybridized carbons (Fsp3) is 0.364. The summed E-state index contributed by atoms with van der Waals surface area (Å²) in [4.78, 5) is 14.9. The van der Waals surface area contributed by atoms with Crippen LogP contribution < -0.4 is 19.7 Å². The third-order valence-corrected chi connectivity index (χ3v) is 6.67. The second-order valence-corrected chi connectivity index (χ2v) is 8.95. The van der Waals surface area contributed by atoms with E-state index in [9.17, 15) is 13.2 Å². The lowest BCUT2D eigenvalue weighted by Gasteiger charge is -2.29. The van der Waals surface area contributed by atoms with Crippen LogP contribution in [0.25, 0.3) is 0 Å². The van der Waals surface area contributed by atoms with Crippen molar-refractivity contribution in [2.45, 2.75) is 37.5 Å². The molecule has 164 valence electrons. The van der Waals surface area contributed by atoms with Crippen molar-refractivity contribution >= 4 is 33.1 Å². The zero-order chi connectivity index (χ0) is 22.0. The highest BCUT2D eigenvalue weighted by molar-refractivity contribution is 7.90. The minimum atomic E-state index is -3.85. The second-order valence-electron chi connectivity index (χ2n) is 7.38. The number of fused-ring (bicyclic) bond motifs is 3. The van der Waals surface area contributed by atoms with Crippen molar-refractivity contribution in [1.29, 1.82) is 0 Å². The normalized spacial score (nSPS) is 17.0. The smallest absolute Gasteiger partial charge is 0.286 e. The van der Waals surface area contributed by atoms with Crippen LogP contribution in [0, 0.1) is 0 Å². The fourth-order valence-electron chi connectivity index (χ4n) is 3.84. The molecule has 0 saturated carbocycles. The van der Waals surface area contributed by atoms with Gasteiger partial charge in [-0.25, -0.2) is 0 Å². The summed E-state index contributed by atoms with van der Waals surface area (Å²) in [6, 6.07) is 9.81. The summed E-state index contributed by atoms with van der Waals surface area (Å²) in [6.45, 7) is 3.09. The summed E-state index contributed by atoms with van der Waals surface area (Å²) < 4.78 is 40.4. The standard InChI is InChI=1S/C22H25N3O5S/c1-3-30-18-11-9-16(14-19(18)29-2)23-22(26)15-8-10-17-20(13-15)31(27,28)24-21-7-5-4-6-12-25(17)21/h8-11,13-14H,3-7,12H2,1-2H3,(H,23,26). The molecule has 1 saturated heterocycles. The molecule has 1 fully saturated rings. The topological polar surface area (TPSA) is 97.3 Å². The molecular formula is C22H25N3O5S. The Labute approximate surface area is 181 Å². The molecule has 0 radical (unpaired) electrons. The van der Waals surface area contributed by atoms with Gasteiger partial charge in [0.15, 0.2) is 11.5 Å². The quantitative estimate of drug-likeness (QED) is 0.754. The van der Waals surface area contributed by atoms with Crippen LogP contribution in [0.2, 0.25) is 0 Å². The van der Waals surface area contributed by atoms with Crippen molar-refractivity contribution in [2.75, 3.05) is 30.5 Å². The number of amidine groups is 1. The number of nitrogens with zero attached hydrogens (tertiary/aromatic N) is 2. The molecule has 0 spiro atoms. The van der Waals surface area contributed by atoms with Crippen molar-refractivity contribution < 1.29 is 22.7 Å².